The monoisotopic (exact) mass is 288 g/mol. The quantitative estimate of drug-likeness (QED) is 0.873. The molecular formula is C18H25FN2. The molecule has 1 atom stereocenters. The zero-order valence-corrected chi connectivity index (χ0v) is 13.3. The summed E-state index contributed by atoms with van der Waals surface area (Å²) in [6.07, 6.45) is 0. The number of rotatable bonds is 5. The molecule has 3 heteroatoms. The minimum Gasteiger partial charge on any atom is -0.311 e. The maximum Gasteiger partial charge on any atom is 0.131 e. The molecule has 2 nitrogen and oxygen atoms in total. The lowest BCUT2D eigenvalue weighted by Crippen LogP contribution is -2.44. The molecule has 0 aromatic heterocycles. The molecule has 2 aromatic carbocycles. The van der Waals surface area contributed by atoms with Crippen LogP contribution in [-0.4, -0.2) is 18.1 Å². The fourth-order valence-corrected chi connectivity index (χ4v) is 2.29. The molecule has 0 saturated heterocycles. The molecule has 0 aliphatic rings. The highest BCUT2D eigenvalue weighted by Crippen LogP contribution is 2.21. The second-order valence-electron chi connectivity index (χ2n) is 6.66. The molecule has 114 valence electrons. The van der Waals surface area contributed by atoms with Crippen molar-refractivity contribution < 1.29 is 4.39 Å². The van der Waals surface area contributed by atoms with Gasteiger partial charge >= 0.3 is 0 Å². The summed E-state index contributed by atoms with van der Waals surface area (Å²) >= 11 is 0. The Bertz CT molecular complexity index is 602. The van der Waals surface area contributed by atoms with Crippen molar-refractivity contribution in [3.05, 3.63) is 47.8 Å². The Hall–Kier alpha value is -1.45. The van der Waals surface area contributed by atoms with Crippen LogP contribution in [-0.2, 0) is 6.54 Å². The van der Waals surface area contributed by atoms with E-state index in [0.717, 1.165) is 24.0 Å². The zero-order chi connectivity index (χ0) is 15.5. The van der Waals surface area contributed by atoms with E-state index in [1.54, 1.807) is 6.07 Å². The van der Waals surface area contributed by atoms with Gasteiger partial charge in [-0.25, -0.2) is 4.39 Å². The van der Waals surface area contributed by atoms with Gasteiger partial charge in [0, 0.05) is 30.1 Å². The average Bonchev–Trinajstić information content (AvgIpc) is 2.44. The zero-order valence-electron chi connectivity index (χ0n) is 13.3. The molecule has 2 aromatic rings. The second-order valence-corrected chi connectivity index (χ2v) is 6.66. The van der Waals surface area contributed by atoms with Crippen molar-refractivity contribution in [1.82, 2.24) is 10.6 Å². The van der Waals surface area contributed by atoms with Gasteiger partial charge in [0.2, 0.25) is 0 Å². The normalized spacial score (nSPS) is 13.6. The van der Waals surface area contributed by atoms with Gasteiger partial charge in [-0.05, 0) is 44.7 Å². The van der Waals surface area contributed by atoms with Gasteiger partial charge in [-0.3, -0.25) is 0 Å². The largest absolute Gasteiger partial charge is 0.311 e. The van der Waals surface area contributed by atoms with Crippen LogP contribution in [0.25, 0.3) is 10.8 Å². The van der Waals surface area contributed by atoms with Crippen molar-refractivity contribution in [3.8, 4) is 0 Å². The van der Waals surface area contributed by atoms with Crippen LogP contribution in [0.5, 0.6) is 0 Å². The van der Waals surface area contributed by atoms with Crippen LogP contribution >= 0.6 is 0 Å². The lowest BCUT2D eigenvalue weighted by Gasteiger charge is -2.24. The Morgan fingerprint density at radius 1 is 1.05 bits per heavy atom. The highest BCUT2D eigenvalue weighted by molar-refractivity contribution is 5.86. The molecule has 0 spiro atoms. The molecule has 0 bridgehead atoms. The number of fused-ring (bicyclic) bond motifs is 1. The summed E-state index contributed by atoms with van der Waals surface area (Å²) < 4.78 is 13.8. The van der Waals surface area contributed by atoms with E-state index in [1.165, 1.54) is 0 Å². The summed E-state index contributed by atoms with van der Waals surface area (Å²) in [4.78, 5) is 0. The van der Waals surface area contributed by atoms with Gasteiger partial charge in [-0.15, -0.1) is 0 Å². The van der Waals surface area contributed by atoms with E-state index in [9.17, 15) is 4.39 Å². The van der Waals surface area contributed by atoms with Crippen molar-refractivity contribution in [2.24, 2.45) is 0 Å². The molecule has 0 heterocycles. The van der Waals surface area contributed by atoms with E-state index in [-0.39, 0.29) is 11.4 Å². The van der Waals surface area contributed by atoms with Gasteiger partial charge < -0.3 is 10.6 Å². The summed E-state index contributed by atoms with van der Waals surface area (Å²) in [6.45, 7) is 10.3. The maximum absolute atomic E-state index is 13.8. The van der Waals surface area contributed by atoms with E-state index >= 15 is 0 Å². The summed E-state index contributed by atoms with van der Waals surface area (Å²) in [7, 11) is 0. The first kappa shape index (κ1) is 15.9. The summed E-state index contributed by atoms with van der Waals surface area (Å²) in [6, 6.07) is 11.4. The average molecular weight is 288 g/mol. The van der Waals surface area contributed by atoms with Crippen LogP contribution in [0, 0.1) is 5.82 Å². The third-order valence-electron chi connectivity index (χ3n) is 3.54. The first-order chi connectivity index (χ1) is 9.87. The molecule has 21 heavy (non-hydrogen) atoms. The molecule has 0 aliphatic heterocycles. The third kappa shape index (κ3) is 4.51. The Kier molecular flexibility index (Phi) is 4.96. The van der Waals surface area contributed by atoms with E-state index in [1.807, 2.05) is 30.3 Å². The first-order valence-corrected chi connectivity index (χ1v) is 7.51. The fourth-order valence-electron chi connectivity index (χ4n) is 2.29. The second kappa shape index (κ2) is 6.54. The van der Waals surface area contributed by atoms with Crippen LogP contribution in [0.1, 0.15) is 33.3 Å². The highest BCUT2D eigenvalue weighted by atomic mass is 19.1. The Labute approximate surface area is 126 Å². The SMILES string of the molecule is CC(CNC(C)(C)C)NCc1ccc(F)c2ccccc12. The van der Waals surface area contributed by atoms with Gasteiger partial charge in [0.25, 0.3) is 0 Å². The first-order valence-electron chi connectivity index (χ1n) is 7.51. The minimum absolute atomic E-state index is 0.124. The summed E-state index contributed by atoms with van der Waals surface area (Å²) in [5, 5.41) is 8.66. The fraction of sp³-hybridized carbons (Fsp3) is 0.444. The highest BCUT2D eigenvalue weighted by Gasteiger charge is 2.11. The van der Waals surface area contributed by atoms with Crippen molar-refractivity contribution in [1.29, 1.82) is 0 Å². The van der Waals surface area contributed by atoms with Crippen molar-refractivity contribution in [3.63, 3.8) is 0 Å². The predicted octanol–water partition coefficient (Wildman–Crippen LogP) is 3.85. The number of benzene rings is 2. The van der Waals surface area contributed by atoms with Crippen LogP contribution < -0.4 is 10.6 Å². The van der Waals surface area contributed by atoms with E-state index in [2.05, 4.69) is 38.3 Å². The number of hydrogen-bond acceptors (Lipinski definition) is 2. The van der Waals surface area contributed by atoms with Gasteiger partial charge in [0.1, 0.15) is 5.82 Å². The third-order valence-corrected chi connectivity index (χ3v) is 3.54. The van der Waals surface area contributed by atoms with Gasteiger partial charge in [0.05, 0.1) is 0 Å². The number of halogens is 1. The van der Waals surface area contributed by atoms with Crippen molar-refractivity contribution in [2.45, 2.75) is 45.8 Å². The smallest absolute Gasteiger partial charge is 0.131 e. The van der Waals surface area contributed by atoms with E-state index in [0.29, 0.717) is 11.4 Å². The topological polar surface area (TPSA) is 24.1 Å². The van der Waals surface area contributed by atoms with Crippen molar-refractivity contribution in [2.75, 3.05) is 6.54 Å². The van der Waals surface area contributed by atoms with Gasteiger partial charge in [-0.1, -0.05) is 30.3 Å². The molecule has 2 N–H and O–H groups in total. The lowest BCUT2D eigenvalue weighted by molar-refractivity contribution is 0.387. The van der Waals surface area contributed by atoms with Gasteiger partial charge in [-0.2, -0.15) is 0 Å². The molecule has 0 saturated carbocycles. The van der Waals surface area contributed by atoms with Gasteiger partial charge in [0.15, 0.2) is 0 Å². The number of nitrogens with one attached hydrogen (secondary N) is 2. The Morgan fingerprint density at radius 2 is 1.71 bits per heavy atom. The van der Waals surface area contributed by atoms with Crippen LogP contribution in [0.2, 0.25) is 0 Å². The van der Waals surface area contributed by atoms with E-state index < -0.39 is 0 Å². The van der Waals surface area contributed by atoms with Crippen LogP contribution in [0.15, 0.2) is 36.4 Å². The predicted molar refractivity (Wildman–Crippen MR) is 88.0 cm³/mol. The molecule has 1 unspecified atom stereocenters. The molecule has 0 fully saturated rings. The molecule has 2 rings (SSSR count). The molecule has 0 amide bonds. The van der Waals surface area contributed by atoms with Crippen molar-refractivity contribution >= 4 is 10.8 Å². The minimum atomic E-state index is -0.156. The van der Waals surface area contributed by atoms with E-state index in [4.69, 9.17) is 0 Å². The van der Waals surface area contributed by atoms with Crippen LogP contribution in [0.3, 0.4) is 0 Å². The lowest BCUT2D eigenvalue weighted by atomic mass is 10.0. The Morgan fingerprint density at radius 3 is 2.38 bits per heavy atom. The standard InChI is InChI=1S/C18H25FN2/c1-13(11-21-18(2,3)4)20-12-14-9-10-17(19)16-8-6-5-7-15(14)16/h5-10,13,20-21H,11-12H2,1-4H3. The van der Waals surface area contributed by atoms with Crippen LogP contribution in [0.4, 0.5) is 4.39 Å². The number of hydrogen-bond donors (Lipinski definition) is 2. The maximum atomic E-state index is 13.8. The Balaban J connectivity index is 2.02. The summed E-state index contributed by atoms with van der Waals surface area (Å²) in [5.74, 6) is -0.156. The molecule has 0 radical (unpaired) electrons. The molecular weight excluding hydrogens is 263 g/mol. The molecule has 0 aliphatic carbocycles. The summed E-state index contributed by atoms with van der Waals surface area (Å²) in [5.41, 5.74) is 1.26.